The molecule has 2 heterocycles. The van der Waals surface area contributed by atoms with E-state index in [0.29, 0.717) is 45.0 Å². The third-order valence-electron chi connectivity index (χ3n) is 4.49. The van der Waals surface area contributed by atoms with Crippen molar-refractivity contribution in [2.24, 2.45) is 0 Å². The van der Waals surface area contributed by atoms with Gasteiger partial charge in [-0.2, -0.15) is 0 Å². The van der Waals surface area contributed by atoms with Crippen LogP contribution in [0.15, 0.2) is 42.9 Å². The Bertz CT molecular complexity index is 735. The van der Waals surface area contributed by atoms with Crippen LogP contribution in [0.5, 0.6) is 0 Å². The Kier molecular flexibility index (Phi) is 6.01. The highest BCUT2D eigenvalue weighted by atomic mass is 16.2. The molecule has 2 aromatic rings. The van der Waals surface area contributed by atoms with Crippen molar-refractivity contribution >= 4 is 11.8 Å². The number of piperazine rings is 1. The van der Waals surface area contributed by atoms with E-state index in [2.05, 4.69) is 15.2 Å². The summed E-state index contributed by atoms with van der Waals surface area (Å²) in [6.45, 7) is 5.75. The Morgan fingerprint density at radius 2 is 1.85 bits per heavy atom. The van der Waals surface area contributed by atoms with Crippen molar-refractivity contribution in [2.75, 3.05) is 39.3 Å². The van der Waals surface area contributed by atoms with Gasteiger partial charge in [0.2, 0.25) is 5.91 Å². The van der Waals surface area contributed by atoms with E-state index in [1.807, 2.05) is 46.7 Å². The Balaban J connectivity index is 1.58. The van der Waals surface area contributed by atoms with Gasteiger partial charge >= 0.3 is 0 Å². The second-order valence-electron chi connectivity index (χ2n) is 6.40. The summed E-state index contributed by atoms with van der Waals surface area (Å²) in [6.07, 6.45) is 4.21. The summed E-state index contributed by atoms with van der Waals surface area (Å²) in [5.74, 6) is 0.0234. The molecule has 0 aliphatic carbocycles. The van der Waals surface area contributed by atoms with Crippen molar-refractivity contribution in [1.29, 1.82) is 0 Å². The van der Waals surface area contributed by atoms with Crippen molar-refractivity contribution in [2.45, 2.75) is 13.3 Å². The molecule has 1 saturated heterocycles. The number of para-hydroxylation sites is 1. The lowest BCUT2D eigenvalue weighted by Gasteiger charge is -2.34. The topological polar surface area (TPSA) is 70.5 Å². The van der Waals surface area contributed by atoms with Crippen LogP contribution in [0.25, 0.3) is 5.69 Å². The molecular formula is C19H25N5O2. The quantitative estimate of drug-likeness (QED) is 0.844. The van der Waals surface area contributed by atoms with Crippen LogP contribution in [0.2, 0.25) is 0 Å². The Hall–Kier alpha value is -2.67. The summed E-state index contributed by atoms with van der Waals surface area (Å²) in [4.78, 5) is 32.8. The third-order valence-corrected chi connectivity index (χ3v) is 4.49. The summed E-state index contributed by atoms with van der Waals surface area (Å²) >= 11 is 0. The van der Waals surface area contributed by atoms with Crippen molar-refractivity contribution < 1.29 is 9.59 Å². The maximum Gasteiger partial charge on any atom is 0.272 e. The number of hydrogen-bond acceptors (Lipinski definition) is 4. The van der Waals surface area contributed by atoms with Gasteiger partial charge < -0.3 is 10.2 Å². The number of nitrogens with one attached hydrogen (secondary N) is 1. The molecule has 7 nitrogen and oxygen atoms in total. The van der Waals surface area contributed by atoms with Gasteiger partial charge in [0.25, 0.3) is 5.91 Å². The van der Waals surface area contributed by atoms with Gasteiger partial charge in [0.15, 0.2) is 0 Å². The second kappa shape index (κ2) is 8.62. The predicted octanol–water partition coefficient (Wildman–Crippen LogP) is 1.16. The summed E-state index contributed by atoms with van der Waals surface area (Å²) in [5, 5.41) is 2.89. The van der Waals surface area contributed by atoms with Gasteiger partial charge in [0, 0.05) is 38.4 Å². The molecule has 2 amide bonds. The van der Waals surface area contributed by atoms with Crippen LogP contribution in [0.3, 0.4) is 0 Å². The van der Waals surface area contributed by atoms with E-state index in [9.17, 15) is 9.59 Å². The molecule has 26 heavy (non-hydrogen) atoms. The highest BCUT2D eigenvalue weighted by Gasteiger charge is 2.25. The van der Waals surface area contributed by atoms with Crippen molar-refractivity contribution in [3.05, 3.63) is 48.5 Å². The van der Waals surface area contributed by atoms with Gasteiger partial charge in [-0.15, -0.1) is 0 Å². The summed E-state index contributed by atoms with van der Waals surface area (Å²) in [6, 6.07) is 9.71. The van der Waals surface area contributed by atoms with Crippen LogP contribution in [0.4, 0.5) is 0 Å². The molecule has 0 bridgehead atoms. The van der Waals surface area contributed by atoms with Crippen LogP contribution >= 0.6 is 0 Å². The monoisotopic (exact) mass is 355 g/mol. The van der Waals surface area contributed by atoms with Crippen molar-refractivity contribution in [3.63, 3.8) is 0 Å². The molecule has 0 atom stereocenters. The fourth-order valence-corrected chi connectivity index (χ4v) is 3.04. The van der Waals surface area contributed by atoms with E-state index >= 15 is 0 Å². The second-order valence-corrected chi connectivity index (χ2v) is 6.40. The largest absolute Gasteiger partial charge is 0.355 e. The molecule has 1 N–H and O–H groups in total. The van der Waals surface area contributed by atoms with Crippen molar-refractivity contribution in [3.8, 4) is 5.69 Å². The van der Waals surface area contributed by atoms with Gasteiger partial charge in [-0.05, 0) is 18.6 Å². The molecule has 1 aliphatic heterocycles. The third kappa shape index (κ3) is 4.29. The number of imidazole rings is 1. The van der Waals surface area contributed by atoms with Crippen LogP contribution in [-0.4, -0.2) is 70.4 Å². The van der Waals surface area contributed by atoms with E-state index < -0.39 is 0 Å². The first-order valence-electron chi connectivity index (χ1n) is 9.05. The van der Waals surface area contributed by atoms with Gasteiger partial charge in [-0.25, -0.2) is 4.98 Å². The van der Waals surface area contributed by atoms with Gasteiger partial charge in [-0.3, -0.25) is 19.1 Å². The van der Waals surface area contributed by atoms with Gasteiger partial charge in [-0.1, -0.05) is 25.1 Å². The number of carbonyl (C=O) groups excluding carboxylic acids is 2. The molecule has 138 valence electrons. The number of rotatable bonds is 6. The van der Waals surface area contributed by atoms with Crippen LogP contribution in [0.1, 0.15) is 23.8 Å². The fourth-order valence-electron chi connectivity index (χ4n) is 3.04. The number of aromatic nitrogens is 2. The maximum atomic E-state index is 12.9. The Labute approximate surface area is 153 Å². The zero-order chi connectivity index (χ0) is 18.4. The molecule has 0 spiro atoms. The Morgan fingerprint density at radius 1 is 1.12 bits per heavy atom. The highest BCUT2D eigenvalue weighted by molar-refractivity contribution is 5.93. The Morgan fingerprint density at radius 3 is 2.54 bits per heavy atom. The molecule has 0 unspecified atom stereocenters. The maximum absolute atomic E-state index is 12.9. The molecule has 1 aromatic heterocycles. The smallest absolute Gasteiger partial charge is 0.272 e. The molecular weight excluding hydrogens is 330 g/mol. The number of nitrogens with zero attached hydrogens (tertiary/aromatic N) is 4. The van der Waals surface area contributed by atoms with E-state index in [-0.39, 0.29) is 11.8 Å². The molecule has 1 aliphatic rings. The minimum atomic E-state index is -0.0264. The average molecular weight is 355 g/mol. The normalized spacial score (nSPS) is 15.0. The first kappa shape index (κ1) is 18.1. The summed E-state index contributed by atoms with van der Waals surface area (Å²) in [7, 11) is 0. The minimum Gasteiger partial charge on any atom is -0.355 e. The SMILES string of the molecule is CCCNC(=O)CN1CCN(C(=O)c2cncn2-c2ccccc2)CC1. The molecule has 1 aromatic carbocycles. The van der Waals surface area contributed by atoms with E-state index in [1.54, 1.807) is 12.5 Å². The van der Waals surface area contributed by atoms with Crippen LogP contribution in [-0.2, 0) is 4.79 Å². The first-order chi connectivity index (χ1) is 12.7. The number of amides is 2. The minimum absolute atomic E-state index is 0.0264. The van der Waals surface area contributed by atoms with E-state index in [4.69, 9.17) is 0 Å². The zero-order valence-electron chi connectivity index (χ0n) is 15.1. The first-order valence-corrected chi connectivity index (χ1v) is 9.05. The molecule has 0 saturated carbocycles. The molecule has 0 radical (unpaired) electrons. The van der Waals surface area contributed by atoms with Crippen LogP contribution in [0, 0.1) is 0 Å². The van der Waals surface area contributed by atoms with Crippen molar-refractivity contribution in [1.82, 2.24) is 24.7 Å². The fraction of sp³-hybridized carbons (Fsp3) is 0.421. The molecule has 1 fully saturated rings. The number of carbonyl (C=O) groups is 2. The molecule has 7 heteroatoms. The predicted molar refractivity (Wildman–Crippen MR) is 99.2 cm³/mol. The summed E-state index contributed by atoms with van der Waals surface area (Å²) in [5.41, 5.74) is 1.48. The van der Waals surface area contributed by atoms with E-state index in [1.165, 1.54) is 0 Å². The molecule has 3 rings (SSSR count). The van der Waals surface area contributed by atoms with Gasteiger partial charge in [0.1, 0.15) is 5.69 Å². The lowest BCUT2D eigenvalue weighted by atomic mass is 10.2. The van der Waals surface area contributed by atoms with Gasteiger partial charge in [0.05, 0.1) is 19.1 Å². The summed E-state index contributed by atoms with van der Waals surface area (Å²) < 4.78 is 1.81. The lowest BCUT2D eigenvalue weighted by molar-refractivity contribution is -0.122. The number of benzene rings is 1. The zero-order valence-corrected chi connectivity index (χ0v) is 15.1. The lowest BCUT2D eigenvalue weighted by Crippen LogP contribution is -2.51. The average Bonchev–Trinajstić information content (AvgIpc) is 3.17. The number of hydrogen-bond donors (Lipinski definition) is 1. The standard InChI is InChI=1S/C19H25N5O2/c1-2-8-21-18(25)14-22-9-11-23(12-10-22)19(26)17-13-20-15-24(17)16-6-4-3-5-7-16/h3-7,13,15H,2,8-12,14H2,1H3,(H,21,25). The van der Waals surface area contributed by atoms with E-state index in [0.717, 1.165) is 12.1 Å². The van der Waals surface area contributed by atoms with Crippen LogP contribution < -0.4 is 5.32 Å². The highest BCUT2D eigenvalue weighted by Crippen LogP contribution is 2.14.